The van der Waals surface area contributed by atoms with E-state index in [9.17, 15) is 9.90 Å². The molecule has 2 atom stereocenters. The SMILES string of the molecule is CCC(=O)N1CCC2=C1C(C)CC(c1csc(NC(O)c3ccc(Cl)cc3)n1)=C2. The highest BCUT2D eigenvalue weighted by atomic mass is 35.5. The number of aromatic nitrogens is 1. The predicted octanol–water partition coefficient (Wildman–Crippen LogP) is 5.22. The Morgan fingerprint density at radius 3 is 2.90 bits per heavy atom. The fraction of sp³-hybridized carbons (Fsp3) is 0.364. The van der Waals surface area contributed by atoms with Crippen LogP contribution in [0.2, 0.25) is 5.02 Å². The lowest BCUT2D eigenvalue weighted by Crippen LogP contribution is -2.30. The van der Waals surface area contributed by atoms with Crippen LogP contribution in [0.5, 0.6) is 0 Å². The molecule has 4 rings (SSSR count). The summed E-state index contributed by atoms with van der Waals surface area (Å²) in [6, 6.07) is 7.08. The molecule has 2 N–H and O–H groups in total. The van der Waals surface area contributed by atoms with E-state index in [2.05, 4.69) is 23.3 Å². The molecule has 1 aromatic heterocycles. The number of carbonyl (C=O) groups excluding carboxylic acids is 1. The first kappa shape index (κ1) is 20.1. The molecular formula is C22H24ClN3O2S. The highest BCUT2D eigenvalue weighted by Gasteiger charge is 2.33. The first-order chi connectivity index (χ1) is 14.0. The van der Waals surface area contributed by atoms with Gasteiger partial charge in [0, 0.05) is 40.5 Å². The summed E-state index contributed by atoms with van der Waals surface area (Å²) in [6.07, 6.45) is 3.65. The van der Waals surface area contributed by atoms with Crippen LogP contribution in [0.25, 0.3) is 5.57 Å². The lowest BCUT2D eigenvalue weighted by Gasteiger charge is -2.28. The van der Waals surface area contributed by atoms with E-state index in [1.54, 1.807) is 24.3 Å². The molecule has 7 heteroatoms. The maximum atomic E-state index is 12.2. The number of nitrogens with zero attached hydrogens (tertiary/aromatic N) is 2. The van der Waals surface area contributed by atoms with Gasteiger partial charge in [0.1, 0.15) is 0 Å². The molecular weight excluding hydrogens is 406 g/mol. The van der Waals surface area contributed by atoms with Crippen molar-refractivity contribution in [1.29, 1.82) is 0 Å². The third-order valence-electron chi connectivity index (χ3n) is 5.45. The summed E-state index contributed by atoms with van der Waals surface area (Å²) in [6.45, 7) is 4.87. The monoisotopic (exact) mass is 429 g/mol. The highest BCUT2D eigenvalue weighted by Crippen LogP contribution is 2.41. The number of thiazole rings is 1. The molecule has 0 saturated heterocycles. The van der Waals surface area contributed by atoms with Crippen molar-refractivity contribution in [2.24, 2.45) is 5.92 Å². The van der Waals surface area contributed by atoms with Crippen LogP contribution in [0.4, 0.5) is 5.13 Å². The van der Waals surface area contributed by atoms with Gasteiger partial charge in [0.05, 0.1) is 5.69 Å². The maximum absolute atomic E-state index is 12.2. The molecule has 1 aromatic carbocycles. The molecule has 1 amide bonds. The lowest BCUT2D eigenvalue weighted by atomic mass is 9.87. The summed E-state index contributed by atoms with van der Waals surface area (Å²) in [5.74, 6) is 0.496. The Morgan fingerprint density at radius 1 is 1.41 bits per heavy atom. The Balaban J connectivity index is 1.51. The van der Waals surface area contributed by atoms with Gasteiger partial charge in [0.15, 0.2) is 11.4 Å². The van der Waals surface area contributed by atoms with Crippen LogP contribution in [-0.2, 0) is 4.79 Å². The molecule has 0 fully saturated rings. The third-order valence-corrected chi connectivity index (χ3v) is 6.47. The first-order valence-electron chi connectivity index (χ1n) is 9.86. The van der Waals surface area contributed by atoms with Crippen LogP contribution in [0.3, 0.4) is 0 Å². The van der Waals surface area contributed by atoms with E-state index in [0.717, 1.165) is 30.6 Å². The van der Waals surface area contributed by atoms with Gasteiger partial charge in [-0.1, -0.05) is 43.7 Å². The number of anilines is 1. The minimum atomic E-state index is -0.844. The van der Waals surface area contributed by atoms with Gasteiger partial charge in [-0.05, 0) is 36.1 Å². The number of halogens is 1. The summed E-state index contributed by atoms with van der Waals surface area (Å²) in [5, 5.41) is 16.8. The summed E-state index contributed by atoms with van der Waals surface area (Å²) in [5.41, 5.74) is 5.29. The van der Waals surface area contributed by atoms with E-state index in [1.807, 2.05) is 17.2 Å². The van der Waals surface area contributed by atoms with Crippen LogP contribution in [0.15, 0.2) is 47.0 Å². The normalized spacial score (nSPS) is 19.8. The minimum absolute atomic E-state index is 0.204. The number of amides is 1. The van der Waals surface area contributed by atoms with Crippen LogP contribution in [0, 0.1) is 5.92 Å². The number of allylic oxidation sites excluding steroid dienone is 3. The van der Waals surface area contributed by atoms with Crippen molar-refractivity contribution in [3.8, 4) is 0 Å². The number of hydrogen-bond acceptors (Lipinski definition) is 5. The lowest BCUT2D eigenvalue weighted by molar-refractivity contribution is -0.128. The Bertz CT molecular complexity index is 980. The maximum Gasteiger partial charge on any atom is 0.226 e. The fourth-order valence-electron chi connectivity index (χ4n) is 4.04. The van der Waals surface area contributed by atoms with Gasteiger partial charge in [0.2, 0.25) is 5.91 Å². The zero-order valence-corrected chi connectivity index (χ0v) is 18.1. The average molecular weight is 430 g/mol. The second kappa shape index (κ2) is 8.30. The molecule has 1 aliphatic carbocycles. The van der Waals surface area contributed by atoms with Crippen molar-refractivity contribution in [1.82, 2.24) is 9.88 Å². The number of rotatable bonds is 5. The molecule has 2 heterocycles. The van der Waals surface area contributed by atoms with Crippen molar-refractivity contribution >= 4 is 39.5 Å². The molecule has 2 aromatic rings. The number of aliphatic hydroxyl groups excluding tert-OH is 1. The van der Waals surface area contributed by atoms with Gasteiger partial charge in [-0.15, -0.1) is 11.3 Å². The molecule has 1 aliphatic heterocycles. The van der Waals surface area contributed by atoms with E-state index in [0.29, 0.717) is 22.5 Å². The summed E-state index contributed by atoms with van der Waals surface area (Å²) >= 11 is 7.38. The van der Waals surface area contributed by atoms with E-state index >= 15 is 0 Å². The topological polar surface area (TPSA) is 65.5 Å². The van der Waals surface area contributed by atoms with Crippen LogP contribution in [-0.4, -0.2) is 27.4 Å². The largest absolute Gasteiger partial charge is 0.369 e. The summed E-state index contributed by atoms with van der Waals surface area (Å²) in [4.78, 5) is 18.9. The van der Waals surface area contributed by atoms with Gasteiger partial charge in [-0.2, -0.15) is 0 Å². The number of benzene rings is 1. The molecule has 5 nitrogen and oxygen atoms in total. The quantitative estimate of drug-likeness (QED) is 0.639. The predicted molar refractivity (Wildman–Crippen MR) is 118 cm³/mol. The zero-order chi connectivity index (χ0) is 20.5. The van der Waals surface area contributed by atoms with Crippen LogP contribution >= 0.6 is 22.9 Å². The third kappa shape index (κ3) is 4.10. The van der Waals surface area contributed by atoms with Gasteiger partial charge in [0.25, 0.3) is 0 Å². The van der Waals surface area contributed by atoms with Crippen molar-refractivity contribution in [2.75, 3.05) is 11.9 Å². The number of hydrogen-bond donors (Lipinski definition) is 2. The van der Waals surface area contributed by atoms with E-state index in [1.165, 1.54) is 28.2 Å². The molecule has 0 spiro atoms. The molecule has 29 heavy (non-hydrogen) atoms. The van der Waals surface area contributed by atoms with Crippen LogP contribution < -0.4 is 5.32 Å². The van der Waals surface area contributed by atoms with Crippen molar-refractivity contribution in [2.45, 2.75) is 39.3 Å². The standard InChI is InChI=1S/C22H24ClN3O2S/c1-3-19(27)26-9-8-15-11-16(10-13(2)20(15)26)18-12-29-22(24-18)25-21(28)14-4-6-17(23)7-5-14/h4-7,11-13,21,28H,3,8-10H2,1-2H3,(H,24,25). The molecule has 2 unspecified atom stereocenters. The van der Waals surface area contributed by atoms with Gasteiger partial charge >= 0.3 is 0 Å². The first-order valence-corrected chi connectivity index (χ1v) is 11.1. The van der Waals surface area contributed by atoms with E-state index in [-0.39, 0.29) is 5.91 Å². The summed E-state index contributed by atoms with van der Waals surface area (Å²) < 4.78 is 0. The zero-order valence-electron chi connectivity index (χ0n) is 16.5. The Morgan fingerprint density at radius 2 is 2.17 bits per heavy atom. The molecule has 152 valence electrons. The van der Waals surface area contributed by atoms with Gasteiger partial charge in [-0.3, -0.25) is 4.79 Å². The highest BCUT2D eigenvalue weighted by molar-refractivity contribution is 7.13. The second-order valence-corrected chi connectivity index (χ2v) is 8.77. The average Bonchev–Trinajstić information content (AvgIpc) is 3.35. The van der Waals surface area contributed by atoms with E-state index < -0.39 is 6.23 Å². The Labute approximate surface area is 179 Å². The fourth-order valence-corrected chi connectivity index (χ4v) is 4.92. The van der Waals surface area contributed by atoms with Crippen molar-refractivity contribution in [3.63, 3.8) is 0 Å². The van der Waals surface area contributed by atoms with Crippen molar-refractivity contribution in [3.05, 3.63) is 63.3 Å². The van der Waals surface area contributed by atoms with Crippen LogP contribution in [0.1, 0.15) is 50.6 Å². The second-order valence-electron chi connectivity index (χ2n) is 7.47. The summed E-state index contributed by atoms with van der Waals surface area (Å²) in [7, 11) is 0. The number of aliphatic hydroxyl groups is 1. The Hall–Kier alpha value is -2.15. The number of nitrogens with one attached hydrogen (secondary N) is 1. The van der Waals surface area contributed by atoms with E-state index in [4.69, 9.17) is 11.6 Å². The van der Waals surface area contributed by atoms with Crippen molar-refractivity contribution < 1.29 is 9.90 Å². The molecule has 0 radical (unpaired) electrons. The Kier molecular flexibility index (Phi) is 5.76. The molecule has 0 saturated carbocycles. The minimum Gasteiger partial charge on any atom is -0.369 e. The smallest absolute Gasteiger partial charge is 0.226 e. The molecule has 0 bridgehead atoms. The van der Waals surface area contributed by atoms with Gasteiger partial charge in [-0.25, -0.2) is 4.98 Å². The van der Waals surface area contributed by atoms with Gasteiger partial charge < -0.3 is 15.3 Å². The molecule has 2 aliphatic rings. The number of carbonyl (C=O) groups is 1.